The van der Waals surface area contributed by atoms with E-state index in [2.05, 4.69) is 0 Å². The molecule has 0 spiro atoms. The van der Waals surface area contributed by atoms with Gasteiger partial charge in [0.05, 0.1) is 6.61 Å². The van der Waals surface area contributed by atoms with Gasteiger partial charge in [-0.2, -0.15) is 0 Å². The first-order valence-electron chi connectivity index (χ1n) is 7.29. The molecule has 6 heteroatoms. The van der Waals surface area contributed by atoms with Crippen LogP contribution in [0.4, 0.5) is 4.79 Å². The average molecular weight is 284 g/mol. The summed E-state index contributed by atoms with van der Waals surface area (Å²) >= 11 is 0. The van der Waals surface area contributed by atoms with Crippen molar-refractivity contribution in [2.24, 2.45) is 5.92 Å². The number of nitrogens with zero attached hydrogens (tertiary/aromatic N) is 2. The average Bonchev–Trinajstić information content (AvgIpc) is 3.15. The second-order valence-corrected chi connectivity index (χ2v) is 6.06. The molecule has 1 saturated heterocycles. The van der Waals surface area contributed by atoms with Gasteiger partial charge in [-0.25, -0.2) is 9.59 Å². The van der Waals surface area contributed by atoms with Crippen LogP contribution in [0.1, 0.15) is 32.6 Å². The molecule has 0 aromatic heterocycles. The Hall–Kier alpha value is -1.30. The summed E-state index contributed by atoms with van der Waals surface area (Å²) < 4.78 is 5.51. The Bertz CT molecular complexity index is 383. The number of carbonyl (C=O) groups excluding carboxylic acids is 1. The normalized spacial score (nSPS) is 25.8. The van der Waals surface area contributed by atoms with Crippen LogP contribution in [0.2, 0.25) is 0 Å². The number of amides is 2. The standard InChI is InChI=1S/C14H24N2O4/c1-14(12(17)18)6-3-7-16(14)13(19)15(2)8-9-20-10-11-4-5-11/h11H,3-10H2,1-2H3,(H,17,18). The highest BCUT2D eigenvalue weighted by Gasteiger charge is 2.46. The highest BCUT2D eigenvalue weighted by atomic mass is 16.5. The Balaban J connectivity index is 1.80. The van der Waals surface area contributed by atoms with E-state index >= 15 is 0 Å². The molecular formula is C14H24N2O4. The van der Waals surface area contributed by atoms with Crippen LogP contribution in [-0.2, 0) is 9.53 Å². The molecule has 1 unspecified atom stereocenters. The number of urea groups is 1. The third-order valence-corrected chi connectivity index (χ3v) is 4.28. The molecule has 0 bridgehead atoms. The molecule has 2 fully saturated rings. The lowest BCUT2D eigenvalue weighted by Gasteiger charge is -2.34. The molecule has 1 aliphatic carbocycles. The Labute approximate surface area is 119 Å². The summed E-state index contributed by atoms with van der Waals surface area (Å²) in [6, 6.07) is -0.220. The lowest BCUT2D eigenvalue weighted by atomic mass is 10.00. The number of ether oxygens (including phenoxy) is 1. The number of likely N-dealkylation sites (N-methyl/N-ethyl adjacent to an activating group) is 1. The highest BCUT2D eigenvalue weighted by Crippen LogP contribution is 2.30. The number of carboxylic acid groups (broad SMARTS) is 1. The molecule has 1 atom stereocenters. The predicted octanol–water partition coefficient (Wildman–Crippen LogP) is 1.40. The van der Waals surface area contributed by atoms with Crippen molar-refractivity contribution in [1.82, 2.24) is 9.80 Å². The van der Waals surface area contributed by atoms with Crippen molar-refractivity contribution in [1.29, 1.82) is 0 Å². The van der Waals surface area contributed by atoms with Gasteiger partial charge in [-0.05, 0) is 38.5 Å². The van der Waals surface area contributed by atoms with E-state index in [1.165, 1.54) is 17.7 Å². The van der Waals surface area contributed by atoms with Gasteiger partial charge in [-0.3, -0.25) is 0 Å². The molecule has 1 N–H and O–H groups in total. The Kier molecular flexibility index (Phi) is 4.52. The van der Waals surface area contributed by atoms with Crippen LogP contribution >= 0.6 is 0 Å². The maximum absolute atomic E-state index is 12.3. The number of aliphatic carboxylic acids is 1. The minimum atomic E-state index is -1.07. The summed E-state index contributed by atoms with van der Waals surface area (Å²) in [6.07, 6.45) is 3.75. The van der Waals surface area contributed by atoms with E-state index < -0.39 is 11.5 Å². The SMILES string of the molecule is CN(CCOCC1CC1)C(=O)N1CCCC1(C)C(=O)O. The van der Waals surface area contributed by atoms with Gasteiger partial charge in [0.25, 0.3) is 0 Å². The summed E-state index contributed by atoms with van der Waals surface area (Å²) in [5.41, 5.74) is -1.07. The molecule has 2 aliphatic rings. The third-order valence-electron chi connectivity index (χ3n) is 4.28. The van der Waals surface area contributed by atoms with Crippen molar-refractivity contribution in [3.63, 3.8) is 0 Å². The summed E-state index contributed by atoms with van der Waals surface area (Å²) in [5, 5.41) is 9.32. The van der Waals surface area contributed by atoms with Gasteiger partial charge in [-0.1, -0.05) is 0 Å². The second kappa shape index (κ2) is 5.99. The van der Waals surface area contributed by atoms with E-state index in [-0.39, 0.29) is 6.03 Å². The van der Waals surface area contributed by atoms with Gasteiger partial charge in [0.15, 0.2) is 0 Å². The largest absolute Gasteiger partial charge is 0.480 e. The topological polar surface area (TPSA) is 70.1 Å². The molecule has 1 saturated carbocycles. The molecule has 2 amide bonds. The molecule has 1 heterocycles. The number of rotatable bonds is 6. The molecule has 20 heavy (non-hydrogen) atoms. The summed E-state index contributed by atoms with van der Waals surface area (Å²) in [7, 11) is 1.70. The lowest BCUT2D eigenvalue weighted by Crippen LogP contribution is -2.54. The summed E-state index contributed by atoms with van der Waals surface area (Å²) in [6.45, 7) is 3.92. The van der Waals surface area contributed by atoms with Gasteiger partial charge in [-0.15, -0.1) is 0 Å². The molecule has 1 aliphatic heterocycles. The number of likely N-dealkylation sites (tertiary alicyclic amines) is 1. The number of carboxylic acids is 1. The van der Waals surface area contributed by atoms with E-state index in [1.54, 1.807) is 18.9 Å². The van der Waals surface area contributed by atoms with E-state index in [0.29, 0.717) is 32.0 Å². The second-order valence-electron chi connectivity index (χ2n) is 6.06. The first-order chi connectivity index (χ1) is 9.45. The predicted molar refractivity (Wildman–Crippen MR) is 73.5 cm³/mol. The van der Waals surface area contributed by atoms with Gasteiger partial charge < -0.3 is 19.6 Å². The van der Waals surface area contributed by atoms with Crippen LogP contribution in [0.3, 0.4) is 0 Å². The van der Waals surface area contributed by atoms with Crippen molar-refractivity contribution in [2.75, 3.05) is 33.4 Å². The minimum Gasteiger partial charge on any atom is -0.480 e. The Morgan fingerprint density at radius 3 is 2.75 bits per heavy atom. The number of hydrogen-bond acceptors (Lipinski definition) is 3. The van der Waals surface area contributed by atoms with Crippen LogP contribution in [0, 0.1) is 5.92 Å². The zero-order valence-corrected chi connectivity index (χ0v) is 12.3. The molecule has 0 aromatic carbocycles. The Morgan fingerprint density at radius 2 is 2.15 bits per heavy atom. The molecule has 6 nitrogen and oxygen atoms in total. The zero-order valence-electron chi connectivity index (χ0n) is 12.3. The first kappa shape index (κ1) is 15.1. The van der Waals surface area contributed by atoms with E-state index in [4.69, 9.17) is 4.74 Å². The van der Waals surface area contributed by atoms with E-state index in [1.807, 2.05) is 0 Å². The monoisotopic (exact) mass is 284 g/mol. The quantitative estimate of drug-likeness (QED) is 0.749. The smallest absolute Gasteiger partial charge is 0.329 e. The highest BCUT2D eigenvalue weighted by molar-refractivity contribution is 5.86. The fourth-order valence-corrected chi connectivity index (χ4v) is 2.53. The van der Waals surface area contributed by atoms with Gasteiger partial charge >= 0.3 is 12.0 Å². The maximum atomic E-state index is 12.3. The lowest BCUT2D eigenvalue weighted by molar-refractivity contribution is -0.147. The van der Waals surface area contributed by atoms with Crippen molar-refractivity contribution in [3.05, 3.63) is 0 Å². The molecule has 0 radical (unpaired) electrons. The van der Waals surface area contributed by atoms with Crippen molar-refractivity contribution < 1.29 is 19.4 Å². The minimum absolute atomic E-state index is 0.220. The molecule has 2 rings (SSSR count). The number of carbonyl (C=O) groups is 2. The van der Waals surface area contributed by atoms with Crippen molar-refractivity contribution in [3.8, 4) is 0 Å². The van der Waals surface area contributed by atoms with Gasteiger partial charge in [0.2, 0.25) is 0 Å². The van der Waals surface area contributed by atoms with Crippen LogP contribution in [-0.4, -0.2) is 65.8 Å². The van der Waals surface area contributed by atoms with E-state index in [9.17, 15) is 14.7 Å². The van der Waals surface area contributed by atoms with Crippen molar-refractivity contribution >= 4 is 12.0 Å². The molecular weight excluding hydrogens is 260 g/mol. The summed E-state index contributed by atoms with van der Waals surface area (Å²) in [4.78, 5) is 26.7. The van der Waals surface area contributed by atoms with Crippen LogP contribution < -0.4 is 0 Å². The van der Waals surface area contributed by atoms with Gasteiger partial charge in [0.1, 0.15) is 5.54 Å². The number of hydrogen-bond donors (Lipinski definition) is 1. The summed E-state index contributed by atoms with van der Waals surface area (Å²) in [5.74, 6) is -0.216. The zero-order chi connectivity index (χ0) is 14.8. The third kappa shape index (κ3) is 3.23. The Morgan fingerprint density at radius 1 is 1.45 bits per heavy atom. The van der Waals surface area contributed by atoms with Gasteiger partial charge in [0, 0.05) is 26.7 Å². The van der Waals surface area contributed by atoms with Crippen molar-refractivity contribution in [2.45, 2.75) is 38.1 Å². The maximum Gasteiger partial charge on any atom is 0.329 e. The van der Waals surface area contributed by atoms with Crippen LogP contribution in [0.15, 0.2) is 0 Å². The molecule has 114 valence electrons. The molecule has 0 aromatic rings. The van der Waals surface area contributed by atoms with Crippen LogP contribution in [0.5, 0.6) is 0 Å². The van der Waals surface area contributed by atoms with Crippen LogP contribution in [0.25, 0.3) is 0 Å². The fourth-order valence-electron chi connectivity index (χ4n) is 2.53. The fraction of sp³-hybridized carbons (Fsp3) is 0.857. The first-order valence-corrected chi connectivity index (χ1v) is 7.29. The van der Waals surface area contributed by atoms with E-state index in [0.717, 1.165) is 13.0 Å².